The van der Waals surface area contributed by atoms with Crippen LogP contribution in [0.1, 0.15) is 12.0 Å². The molecule has 26 heavy (non-hydrogen) atoms. The molecule has 1 aliphatic rings. The molecule has 0 spiro atoms. The van der Waals surface area contributed by atoms with Crippen LogP contribution in [0.4, 0.5) is 5.95 Å². The average molecular weight is 355 g/mol. The van der Waals surface area contributed by atoms with Crippen molar-refractivity contribution in [2.24, 2.45) is 5.73 Å². The fraction of sp³-hybridized carbons (Fsp3) is 0.333. The minimum atomic E-state index is -0.513. The molecule has 1 aromatic heterocycles. The van der Waals surface area contributed by atoms with Gasteiger partial charge in [-0.25, -0.2) is 9.97 Å². The maximum atomic E-state index is 11.5. The van der Waals surface area contributed by atoms with E-state index in [0.717, 1.165) is 29.8 Å². The molecule has 0 saturated carbocycles. The summed E-state index contributed by atoms with van der Waals surface area (Å²) in [6.45, 7) is 3.10. The highest BCUT2D eigenvalue weighted by atomic mass is 16.5. The monoisotopic (exact) mass is 355 g/mol. The molecule has 3 rings (SSSR count). The van der Waals surface area contributed by atoms with E-state index in [-0.39, 0.29) is 18.9 Å². The molecular weight excluding hydrogens is 334 g/mol. The van der Waals surface area contributed by atoms with Gasteiger partial charge in [-0.2, -0.15) is 0 Å². The van der Waals surface area contributed by atoms with E-state index in [1.165, 1.54) is 0 Å². The molecule has 0 radical (unpaired) electrons. The number of aromatic nitrogens is 2. The number of anilines is 1. The van der Waals surface area contributed by atoms with Crippen LogP contribution in [-0.4, -0.2) is 48.1 Å². The second-order valence-electron chi connectivity index (χ2n) is 5.93. The lowest BCUT2D eigenvalue weighted by Crippen LogP contribution is -2.37. The van der Waals surface area contributed by atoms with Gasteiger partial charge < -0.3 is 20.1 Å². The first-order valence-corrected chi connectivity index (χ1v) is 8.34. The highest BCUT2D eigenvalue weighted by Crippen LogP contribution is 2.21. The lowest BCUT2D eigenvalue weighted by molar-refractivity contribution is -0.143. The van der Waals surface area contributed by atoms with Gasteiger partial charge in [0.15, 0.2) is 0 Å². The summed E-state index contributed by atoms with van der Waals surface area (Å²) in [4.78, 5) is 22.5. The zero-order chi connectivity index (χ0) is 18.4. The second-order valence-corrected chi connectivity index (χ2v) is 5.93. The van der Waals surface area contributed by atoms with Crippen LogP contribution in [0.25, 0.3) is 11.1 Å². The largest absolute Gasteiger partial charge is 0.460 e. The van der Waals surface area contributed by atoms with Crippen molar-refractivity contribution in [3.63, 3.8) is 0 Å². The van der Waals surface area contributed by atoms with Crippen molar-refractivity contribution in [3.05, 3.63) is 42.2 Å². The molecule has 3 N–H and O–H groups in total. The Morgan fingerprint density at radius 3 is 2.65 bits per heavy atom. The maximum absolute atomic E-state index is 11.5. The molecule has 8 heteroatoms. The van der Waals surface area contributed by atoms with E-state index < -0.39 is 5.97 Å². The lowest BCUT2D eigenvalue weighted by atomic mass is 10.1. The highest BCUT2D eigenvalue weighted by molar-refractivity contribution is 5.94. The van der Waals surface area contributed by atoms with Crippen LogP contribution in [0, 0.1) is 5.41 Å². The number of ether oxygens (including phenoxy) is 2. The highest BCUT2D eigenvalue weighted by Gasteiger charge is 2.13. The van der Waals surface area contributed by atoms with Gasteiger partial charge in [-0.1, -0.05) is 18.2 Å². The minimum absolute atomic E-state index is 0.132. The number of rotatable bonds is 6. The number of hydrogen-bond acceptors (Lipinski definition) is 7. The van der Waals surface area contributed by atoms with E-state index in [1.807, 2.05) is 24.3 Å². The van der Waals surface area contributed by atoms with E-state index in [1.54, 1.807) is 12.4 Å². The number of nitrogens with one attached hydrogen (secondary N) is 1. The standard InChI is InChI=1S/C18H21N5O3/c19-16(20)9-17(24)26-12-13-2-1-3-14(8-13)15-10-21-18(22-11-15)23-4-6-25-7-5-23/h1-3,8,10-11H,4-7,9,12H2,(H3,19,20). The van der Waals surface area contributed by atoms with Crippen LogP contribution in [0.5, 0.6) is 0 Å². The number of morpholine rings is 1. The number of carbonyl (C=O) groups excluding carboxylic acids is 1. The van der Waals surface area contributed by atoms with Crippen LogP contribution >= 0.6 is 0 Å². The molecule has 0 amide bonds. The zero-order valence-corrected chi connectivity index (χ0v) is 14.4. The van der Waals surface area contributed by atoms with Crippen molar-refractivity contribution in [2.45, 2.75) is 13.0 Å². The molecule has 0 unspecified atom stereocenters. The molecule has 0 atom stereocenters. The average Bonchev–Trinajstić information content (AvgIpc) is 2.67. The van der Waals surface area contributed by atoms with Crippen molar-refractivity contribution < 1.29 is 14.3 Å². The number of nitrogens with two attached hydrogens (primary N) is 1. The first-order valence-electron chi connectivity index (χ1n) is 8.34. The lowest BCUT2D eigenvalue weighted by Gasteiger charge is -2.26. The van der Waals surface area contributed by atoms with Crippen LogP contribution < -0.4 is 10.6 Å². The smallest absolute Gasteiger partial charge is 0.313 e. The van der Waals surface area contributed by atoms with Crippen LogP contribution in [0.2, 0.25) is 0 Å². The number of amidine groups is 1. The number of nitrogens with zero attached hydrogens (tertiary/aromatic N) is 3. The Kier molecular flexibility index (Phi) is 5.75. The van der Waals surface area contributed by atoms with Crippen LogP contribution in [0.15, 0.2) is 36.7 Å². The summed E-state index contributed by atoms with van der Waals surface area (Å²) in [6.07, 6.45) is 3.38. The van der Waals surface area contributed by atoms with Gasteiger partial charge in [-0.15, -0.1) is 0 Å². The van der Waals surface area contributed by atoms with Crippen LogP contribution in [-0.2, 0) is 20.9 Å². The fourth-order valence-corrected chi connectivity index (χ4v) is 2.61. The number of carbonyl (C=O) groups is 1. The molecular formula is C18H21N5O3. The summed E-state index contributed by atoms with van der Waals surface area (Å²) >= 11 is 0. The molecule has 1 aromatic carbocycles. The van der Waals surface area contributed by atoms with Gasteiger partial charge in [0.1, 0.15) is 18.9 Å². The minimum Gasteiger partial charge on any atom is -0.460 e. The normalized spacial score (nSPS) is 14.1. The SMILES string of the molecule is N=C(N)CC(=O)OCc1cccc(-c2cnc(N3CCOCC3)nc2)c1. The molecule has 1 aliphatic heterocycles. The Morgan fingerprint density at radius 1 is 1.23 bits per heavy atom. The fourth-order valence-electron chi connectivity index (χ4n) is 2.61. The third-order valence-electron chi connectivity index (χ3n) is 3.93. The van der Waals surface area contributed by atoms with Gasteiger partial charge in [0, 0.05) is 31.0 Å². The first-order chi connectivity index (χ1) is 12.6. The number of hydrogen-bond donors (Lipinski definition) is 2. The topological polar surface area (TPSA) is 114 Å². The van der Waals surface area contributed by atoms with Gasteiger partial charge in [0.2, 0.25) is 5.95 Å². The van der Waals surface area contributed by atoms with Gasteiger partial charge in [-0.05, 0) is 17.2 Å². The third kappa shape index (κ3) is 4.76. The van der Waals surface area contributed by atoms with E-state index in [9.17, 15) is 4.79 Å². The van der Waals surface area contributed by atoms with Crippen molar-refractivity contribution in [1.29, 1.82) is 5.41 Å². The molecule has 0 bridgehead atoms. The van der Waals surface area contributed by atoms with E-state index in [2.05, 4.69) is 14.9 Å². The van der Waals surface area contributed by atoms with Crippen molar-refractivity contribution in [1.82, 2.24) is 9.97 Å². The first kappa shape index (κ1) is 17.8. The third-order valence-corrected chi connectivity index (χ3v) is 3.93. The second kappa shape index (κ2) is 8.39. The van der Waals surface area contributed by atoms with Crippen molar-refractivity contribution in [2.75, 3.05) is 31.2 Å². The van der Waals surface area contributed by atoms with Crippen molar-refractivity contribution in [3.8, 4) is 11.1 Å². The quantitative estimate of drug-likeness (QED) is 0.456. The zero-order valence-electron chi connectivity index (χ0n) is 14.4. The molecule has 2 heterocycles. The Labute approximate surface area is 151 Å². The van der Waals surface area contributed by atoms with Gasteiger partial charge >= 0.3 is 5.97 Å². The molecule has 2 aromatic rings. The molecule has 8 nitrogen and oxygen atoms in total. The van der Waals surface area contributed by atoms with Gasteiger partial charge in [0.05, 0.1) is 13.2 Å². The molecule has 1 fully saturated rings. The summed E-state index contributed by atoms with van der Waals surface area (Å²) < 4.78 is 10.5. The van der Waals surface area contributed by atoms with Gasteiger partial charge in [0.25, 0.3) is 0 Å². The Hall–Kier alpha value is -3.00. The summed E-state index contributed by atoms with van der Waals surface area (Å²) in [5, 5.41) is 7.10. The summed E-state index contributed by atoms with van der Waals surface area (Å²) in [7, 11) is 0. The Bertz CT molecular complexity index is 773. The van der Waals surface area contributed by atoms with E-state index in [4.69, 9.17) is 20.6 Å². The predicted molar refractivity (Wildman–Crippen MR) is 96.8 cm³/mol. The molecule has 0 aliphatic carbocycles. The van der Waals surface area contributed by atoms with Crippen molar-refractivity contribution >= 4 is 17.8 Å². The number of benzene rings is 1. The number of esters is 1. The van der Waals surface area contributed by atoms with Crippen LogP contribution in [0.3, 0.4) is 0 Å². The van der Waals surface area contributed by atoms with E-state index in [0.29, 0.717) is 19.2 Å². The molecule has 136 valence electrons. The predicted octanol–water partition coefficient (Wildman–Crippen LogP) is 1.35. The maximum Gasteiger partial charge on any atom is 0.313 e. The van der Waals surface area contributed by atoms with Gasteiger partial charge in [-0.3, -0.25) is 10.2 Å². The Balaban J connectivity index is 1.65. The summed E-state index contributed by atoms with van der Waals surface area (Å²) in [5.74, 6) is -0.0197. The summed E-state index contributed by atoms with van der Waals surface area (Å²) in [6, 6.07) is 7.63. The molecule has 1 saturated heterocycles. The summed E-state index contributed by atoms with van der Waals surface area (Å²) in [5.41, 5.74) is 7.86. The Morgan fingerprint density at radius 2 is 1.96 bits per heavy atom. The van der Waals surface area contributed by atoms with E-state index >= 15 is 0 Å².